The van der Waals surface area contributed by atoms with Crippen molar-refractivity contribution in [2.75, 3.05) is 13.2 Å². The molecular weight excluding hydrogens is 831 g/mol. The van der Waals surface area contributed by atoms with E-state index in [1.165, 1.54) is 212 Å². The van der Waals surface area contributed by atoms with E-state index in [2.05, 4.69) is 19.2 Å². The van der Waals surface area contributed by atoms with Gasteiger partial charge in [-0.3, -0.25) is 4.79 Å². The van der Waals surface area contributed by atoms with Crippen LogP contribution >= 0.6 is 0 Å². The number of hydrogen-bond donors (Lipinski definition) is 7. The highest BCUT2D eigenvalue weighted by atomic mass is 16.7. The number of allylic oxidation sites excluding steroid dienone is 1. The normalized spacial score (nSPS) is 20.3. The highest BCUT2D eigenvalue weighted by molar-refractivity contribution is 5.80. The van der Waals surface area contributed by atoms with Gasteiger partial charge >= 0.3 is 0 Å². The van der Waals surface area contributed by atoms with Crippen molar-refractivity contribution < 1.29 is 44.9 Å². The molecule has 392 valence electrons. The number of hydrogen-bond acceptors (Lipinski definition) is 9. The zero-order chi connectivity index (χ0) is 48.1. The summed E-state index contributed by atoms with van der Waals surface area (Å²) in [4.78, 5) is 13.1. The lowest BCUT2D eigenvalue weighted by molar-refractivity contribution is -0.302. The molecule has 1 aliphatic rings. The number of rotatable bonds is 49. The van der Waals surface area contributed by atoms with Gasteiger partial charge in [0.1, 0.15) is 30.5 Å². The van der Waals surface area contributed by atoms with Gasteiger partial charge < -0.3 is 45.4 Å². The van der Waals surface area contributed by atoms with Gasteiger partial charge in [0.15, 0.2) is 6.29 Å². The van der Waals surface area contributed by atoms with Crippen LogP contribution in [-0.4, -0.2) is 98.7 Å². The Morgan fingerprint density at radius 1 is 0.515 bits per heavy atom. The average molecular weight is 940 g/mol. The van der Waals surface area contributed by atoms with Crippen molar-refractivity contribution >= 4 is 5.91 Å². The number of unbranched alkanes of at least 4 members (excludes halogenated alkanes) is 38. The summed E-state index contributed by atoms with van der Waals surface area (Å²) >= 11 is 0. The van der Waals surface area contributed by atoms with Crippen LogP contribution in [0.25, 0.3) is 0 Å². The molecule has 1 heterocycles. The molecule has 1 rings (SSSR count). The summed E-state index contributed by atoms with van der Waals surface area (Å²) in [5.41, 5.74) is 0. The predicted octanol–water partition coefficient (Wildman–Crippen LogP) is 12.6. The minimum absolute atomic E-state index is 0.301. The van der Waals surface area contributed by atoms with Crippen molar-refractivity contribution in [2.45, 2.75) is 326 Å². The number of nitrogens with one attached hydrogen (secondary N) is 1. The van der Waals surface area contributed by atoms with E-state index >= 15 is 0 Å². The Labute approximate surface area is 406 Å². The van der Waals surface area contributed by atoms with Gasteiger partial charge in [0.05, 0.1) is 25.4 Å². The van der Waals surface area contributed by atoms with Crippen molar-refractivity contribution in [3.05, 3.63) is 12.2 Å². The van der Waals surface area contributed by atoms with E-state index in [0.717, 1.165) is 44.9 Å². The Bertz CT molecular complexity index is 1060. The minimum atomic E-state index is -1.61. The summed E-state index contributed by atoms with van der Waals surface area (Å²) in [5, 5.41) is 65.0. The molecule has 0 bridgehead atoms. The fourth-order valence-corrected chi connectivity index (χ4v) is 9.34. The number of amides is 1. The van der Waals surface area contributed by atoms with Crippen LogP contribution in [0.5, 0.6) is 0 Å². The van der Waals surface area contributed by atoms with Crippen LogP contribution in [0.1, 0.15) is 277 Å². The van der Waals surface area contributed by atoms with Crippen LogP contribution in [0.2, 0.25) is 0 Å². The first-order valence-electron chi connectivity index (χ1n) is 28.5. The van der Waals surface area contributed by atoms with E-state index < -0.39 is 61.5 Å². The number of ether oxygens (including phenoxy) is 2. The molecule has 7 N–H and O–H groups in total. The molecule has 0 aromatic carbocycles. The molecule has 1 aliphatic heterocycles. The third kappa shape index (κ3) is 35.1. The molecule has 0 aromatic rings. The Balaban J connectivity index is 2.24. The number of carbonyl (C=O) groups excluding carboxylic acids is 1. The standard InChI is InChI=1S/C56H109NO9/c1-3-5-7-9-11-13-15-17-19-21-22-23-24-25-26-27-28-29-31-33-35-37-39-41-43-45-50(60)55(64)57-48(47-65-56-54(63)53(62)52(61)51(46-58)66-56)49(59)44-42-40-38-36-34-32-30-20-18-16-14-12-10-8-6-4-2/h42,44,48-54,56,58-63H,3-41,43,45-47H2,1-2H3,(H,57,64)/b44-42+. The molecule has 1 amide bonds. The predicted molar refractivity (Wildman–Crippen MR) is 273 cm³/mol. The molecule has 1 saturated heterocycles. The molecule has 0 aromatic heterocycles. The van der Waals surface area contributed by atoms with Gasteiger partial charge in [0.25, 0.3) is 0 Å². The molecule has 10 nitrogen and oxygen atoms in total. The number of aliphatic hydroxyl groups excluding tert-OH is 6. The lowest BCUT2D eigenvalue weighted by Gasteiger charge is -2.40. The Kier molecular flexibility index (Phi) is 44.1. The van der Waals surface area contributed by atoms with Crippen LogP contribution < -0.4 is 5.32 Å². The van der Waals surface area contributed by atoms with Crippen molar-refractivity contribution in [1.82, 2.24) is 5.32 Å². The largest absolute Gasteiger partial charge is 0.394 e. The summed E-state index contributed by atoms with van der Waals surface area (Å²) in [7, 11) is 0. The van der Waals surface area contributed by atoms with E-state index in [-0.39, 0.29) is 6.61 Å². The fraction of sp³-hybridized carbons (Fsp3) is 0.946. The molecule has 66 heavy (non-hydrogen) atoms. The molecule has 8 atom stereocenters. The zero-order valence-electron chi connectivity index (χ0n) is 43.1. The number of aliphatic hydroxyl groups is 6. The van der Waals surface area contributed by atoms with Crippen molar-refractivity contribution in [3.8, 4) is 0 Å². The molecule has 8 unspecified atom stereocenters. The van der Waals surface area contributed by atoms with Crippen LogP contribution in [0.4, 0.5) is 0 Å². The number of carbonyl (C=O) groups is 1. The molecule has 0 aliphatic carbocycles. The van der Waals surface area contributed by atoms with E-state index in [0.29, 0.717) is 6.42 Å². The van der Waals surface area contributed by atoms with E-state index in [4.69, 9.17) is 9.47 Å². The maximum Gasteiger partial charge on any atom is 0.249 e. The third-order valence-electron chi connectivity index (χ3n) is 14.0. The third-order valence-corrected chi connectivity index (χ3v) is 14.0. The summed E-state index contributed by atoms with van der Waals surface area (Å²) in [6.45, 7) is 3.65. The average Bonchev–Trinajstić information content (AvgIpc) is 3.32. The van der Waals surface area contributed by atoms with Gasteiger partial charge in [0, 0.05) is 0 Å². The van der Waals surface area contributed by atoms with Crippen LogP contribution in [0.3, 0.4) is 0 Å². The minimum Gasteiger partial charge on any atom is -0.394 e. The zero-order valence-corrected chi connectivity index (χ0v) is 43.1. The second-order valence-corrected chi connectivity index (χ2v) is 20.2. The van der Waals surface area contributed by atoms with Gasteiger partial charge in [-0.2, -0.15) is 0 Å². The van der Waals surface area contributed by atoms with Gasteiger partial charge in [-0.25, -0.2) is 0 Å². The first-order valence-corrected chi connectivity index (χ1v) is 28.5. The quantitative estimate of drug-likeness (QED) is 0.0232. The lowest BCUT2D eigenvalue weighted by atomic mass is 9.99. The van der Waals surface area contributed by atoms with Crippen molar-refractivity contribution in [3.63, 3.8) is 0 Å². The molecule has 0 spiro atoms. The monoisotopic (exact) mass is 940 g/mol. The SMILES string of the molecule is CCCCCCCCCCCCCCCC/C=C/C(O)C(COC1OC(CO)C(O)C(O)C1O)NC(=O)C(O)CCCCCCCCCCCCCCCCCCCCCCCCCCC. The van der Waals surface area contributed by atoms with Crippen molar-refractivity contribution in [1.29, 1.82) is 0 Å². The van der Waals surface area contributed by atoms with Crippen LogP contribution in [0, 0.1) is 0 Å². The Hall–Kier alpha value is -1.11. The second-order valence-electron chi connectivity index (χ2n) is 20.2. The Morgan fingerprint density at radius 2 is 0.864 bits per heavy atom. The summed E-state index contributed by atoms with van der Waals surface area (Å²) < 4.78 is 11.2. The van der Waals surface area contributed by atoms with Gasteiger partial charge in [-0.15, -0.1) is 0 Å². The molecular formula is C56H109NO9. The summed E-state index contributed by atoms with van der Waals surface area (Å²) in [6.07, 6.45) is 46.0. The fourth-order valence-electron chi connectivity index (χ4n) is 9.34. The summed E-state index contributed by atoms with van der Waals surface area (Å²) in [5.74, 6) is -0.610. The smallest absolute Gasteiger partial charge is 0.249 e. The topological polar surface area (TPSA) is 169 Å². The first-order chi connectivity index (χ1) is 32.3. The maximum absolute atomic E-state index is 13.1. The highest BCUT2D eigenvalue weighted by Gasteiger charge is 2.44. The van der Waals surface area contributed by atoms with Crippen LogP contribution in [-0.2, 0) is 14.3 Å². The summed E-state index contributed by atoms with van der Waals surface area (Å²) in [6, 6.07) is -0.976. The molecule has 10 heteroatoms. The second kappa shape index (κ2) is 46.3. The molecule has 1 fully saturated rings. The van der Waals surface area contributed by atoms with E-state index in [9.17, 15) is 35.4 Å². The van der Waals surface area contributed by atoms with Crippen LogP contribution in [0.15, 0.2) is 12.2 Å². The first kappa shape index (κ1) is 62.9. The van der Waals surface area contributed by atoms with Gasteiger partial charge in [-0.1, -0.05) is 270 Å². The lowest BCUT2D eigenvalue weighted by Crippen LogP contribution is -2.60. The van der Waals surface area contributed by atoms with E-state index in [1.807, 2.05) is 6.08 Å². The Morgan fingerprint density at radius 3 is 1.23 bits per heavy atom. The van der Waals surface area contributed by atoms with Crippen molar-refractivity contribution in [2.24, 2.45) is 0 Å². The maximum atomic E-state index is 13.1. The van der Waals surface area contributed by atoms with E-state index in [1.54, 1.807) is 6.08 Å². The van der Waals surface area contributed by atoms with Gasteiger partial charge in [-0.05, 0) is 19.3 Å². The molecule has 0 saturated carbocycles. The molecule has 0 radical (unpaired) electrons. The highest BCUT2D eigenvalue weighted by Crippen LogP contribution is 2.23. The van der Waals surface area contributed by atoms with Gasteiger partial charge in [0.2, 0.25) is 5.91 Å².